The summed E-state index contributed by atoms with van der Waals surface area (Å²) < 4.78 is 1.61. The van der Waals surface area contributed by atoms with E-state index in [1.54, 1.807) is 30.3 Å². The van der Waals surface area contributed by atoms with Crippen molar-refractivity contribution < 1.29 is 4.79 Å². The van der Waals surface area contributed by atoms with Crippen molar-refractivity contribution in [1.29, 1.82) is 0 Å². The molecule has 0 unspecified atom stereocenters. The van der Waals surface area contributed by atoms with Crippen LogP contribution in [0.2, 0.25) is 5.02 Å². The average Bonchev–Trinajstić information content (AvgIpc) is 3.00. The molecule has 6 nitrogen and oxygen atoms in total. The number of hydrogen-bond acceptors (Lipinski definition) is 4. The van der Waals surface area contributed by atoms with E-state index in [0.717, 1.165) is 29.6 Å². The number of carbonyl (C=O) groups is 1. The summed E-state index contributed by atoms with van der Waals surface area (Å²) in [5, 5.41) is 11.9. The van der Waals surface area contributed by atoms with Gasteiger partial charge in [-0.3, -0.25) is 14.5 Å². The number of aryl methyl sites for hydroxylation is 1. The zero-order valence-electron chi connectivity index (χ0n) is 13.3. The summed E-state index contributed by atoms with van der Waals surface area (Å²) in [5.41, 5.74) is 2.44. The van der Waals surface area contributed by atoms with E-state index < -0.39 is 0 Å². The Hall–Kier alpha value is -2.60. The number of nitrogens with zero attached hydrogens (tertiary/aromatic N) is 3. The molecule has 0 atom stereocenters. The molecule has 0 aliphatic heterocycles. The van der Waals surface area contributed by atoms with Crippen LogP contribution in [0.4, 0.5) is 5.69 Å². The number of anilines is 1. The molecule has 0 spiro atoms. The van der Waals surface area contributed by atoms with Crippen molar-refractivity contribution in [1.82, 2.24) is 20.1 Å². The van der Waals surface area contributed by atoms with Gasteiger partial charge in [0.25, 0.3) is 5.91 Å². The van der Waals surface area contributed by atoms with Crippen LogP contribution in [0.3, 0.4) is 0 Å². The van der Waals surface area contributed by atoms with Gasteiger partial charge >= 0.3 is 0 Å². The highest BCUT2D eigenvalue weighted by atomic mass is 35.5. The second kappa shape index (κ2) is 7.31. The molecule has 2 heterocycles. The van der Waals surface area contributed by atoms with Gasteiger partial charge in [-0.25, -0.2) is 0 Å². The molecule has 2 aromatic heterocycles. The molecule has 0 saturated heterocycles. The van der Waals surface area contributed by atoms with Crippen molar-refractivity contribution >= 4 is 34.1 Å². The number of pyridine rings is 1. The van der Waals surface area contributed by atoms with Crippen LogP contribution < -0.4 is 10.6 Å². The van der Waals surface area contributed by atoms with E-state index in [1.165, 1.54) is 0 Å². The fourth-order valence-electron chi connectivity index (χ4n) is 2.43. The van der Waals surface area contributed by atoms with Gasteiger partial charge in [-0.1, -0.05) is 11.6 Å². The lowest BCUT2D eigenvalue weighted by Crippen LogP contribution is -2.25. The molecule has 0 aliphatic carbocycles. The van der Waals surface area contributed by atoms with Gasteiger partial charge in [0.15, 0.2) is 0 Å². The minimum absolute atomic E-state index is 0.105. The molecule has 124 valence electrons. The van der Waals surface area contributed by atoms with Gasteiger partial charge < -0.3 is 10.6 Å². The number of rotatable bonds is 6. The molecule has 0 saturated carbocycles. The standard InChI is InChI=1S/C17H18ClN5O/c1-23-11-12(10-22-23)17(24)21-7-2-6-19-15-5-8-20-16-9-13(18)3-4-14(15)16/h3-5,8-11H,2,6-7H2,1H3,(H,19,20)(H,21,24). The van der Waals surface area contributed by atoms with Crippen molar-refractivity contribution in [3.8, 4) is 0 Å². The number of benzene rings is 1. The van der Waals surface area contributed by atoms with Crippen LogP contribution >= 0.6 is 11.6 Å². The first-order valence-corrected chi connectivity index (χ1v) is 8.06. The maximum absolute atomic E-state index is 11.9. The number of carbonyl (C=O) groups excluding carboxylic acids is 1. The first kappa shape index (κ1) is 16.3. The van der Waals surface area contributed by atoms with E-state index >= 15 is 0 Å². The summed E-state index contributed by atoms with van der Waals surface area (Å²) >= 11 is 5.99. The van der Waals surface area contributed by atoms with Crippen molar-refractivity contribution in [2.75, 3.05) is 18.4 Å². The van der Waals surface area contributed by atoms with Crippen LogP contribution in [-0.2, 0) is 7.05 Å². The lowest BCUT2D eigenvalue weighted by Gasteiger charge is -2.10. The molecule has 3 aromatic rings. The Kier molecular flexibility index (Phi) is 4.96. The Labute approximate surface area is 144 Å². The molecule has 7 heteroatoms. The number of halogens is 1. The number of aromatic nitrogens is 3. The molecule has 3 rings (SSSR count). The van der Waals surface area contributed by atoms with Gasteiger partial charge in [0.1, 0.15) is 0 Å². The van der Waals surface area contributed by atoms with Gasteiger partial charge in [0.05, 0.1) is 17.3 Å². The number of fused-ring (bicyclic) bond motifs is 1. The first-order chi connectivity index (χ1) is 11.6. The fraction of sp³-hybridized carbons (Fsp3) is 0.235. The smallest absolute Gasteiger partial charge is 0.254 e. The zero-order chi connectivity index (χ0) is 16.9. The highest BCUT2D eigenvalue weighted by Gasteiger charge is 2.06. The number of nitrogens with one attached hydrogen (secondary N) is 2. The molecule has 0 aliphatic rings. The van der Waals surface area contributed by atoms with E-state index in [0.29, 0.717) is 17.1 Å². The Morgan fingerprint density at radius 2 is 2.17 bits per heavy atom. The SMILES string of the molecule is Cn1cc(C(=O)NCCCNc2ccnc3cc(Cl)ccc23)cn1. The largest absolute Gasteiger partial charge is 0.384 e. The summed E-state index contributed by atoms with van der Waals surface area (Å²) in [7, 11) is 1.78. The third kappa shape index (κ3) is 3.83. The minimum atomic E-state index is -0.105. The van der Waals surface area contributed by atoms with Gasteiger partial charge in [0, 0.05) is 48.6 Å². The van der Waals surface area contributed by atoms with E-state index in [9.17, 15) is 4.79 Å². The van der Waals surface area contributed by atoms with Gasteiger partial charge in [-0.15, -0.1) is 0 Å². The van der Waals surface area contributed by atoms with Crippen LogP contribution in [0.1, 0.15) is 16.8 Å². The highest BCUT2D eigenvalue weighted by Crippen LogP contribution is 2.24. The fourth-order valence-corrected chi connectivity index (χ4v) is 2.60. The maximum atomic E-state index is 11.9. The normalized spacial score (nSPS) is 10.8. The average molecular weight is 344 g/mol. The Morgan fingerprint density at radius 1 is 1.29 bits per heavy atom. The topological polar surface area (TPSA) is 71.8 Å². The third-order valence-electron chi connectivity index (χ3n) is 3.63. The summed E-state index contributed by atoms with van der Waals surface area (Å²) in [4.78, 5) is 16.2. The van der Waals surface area contributed by atoms with Crippen LogP contribution in [0, 0.1) is 0 Å². The van der Waals surface area contributed by atoms with Crippen LogP contribution in [0.15, 0.2) is 42.9 Å². The lowest BCUT2D eigenvalue weighted by molar-refractivity contribution is 0.0953. The minimum Gasteiger partial charge on any atom is -0.384 e. The lowest BCUT2D eigenvalue weighted by atomic mass is 10.2. The zero-order valence-corrected chi connectivity index (χ0v) is 14.0. The quantitative estimate of drug-likeness (QED) is 0.675. The monoisotopic (exact) mass is 343 g/mol. The van der Waals surface area contributed by atoms with E-state index in [1.807, 2.05) is 24.3 Å². The van der Waals surface area contributed by atoms with Gasteiger partial charge in [-0.05, 0) is 30.7 Å². The Bertz CT molecular complexity index is 861. The maximum Gasteiger partial charge on any atom is 0.254 e. The summed E-state index contributed by atoms with van der Waals surface area (Å²) in [5.74, 6) is -0.105. The predicted octanol–water partition coefficient (Wildman–Crippen LogP) is 2.85. The molecule has 0 bridgehead atoms. The molecule has 0 fully saturated rings. The van der Waals surface area contributed by atoms with Gasteiger partial charge in [-0.2, -0.15) is 5.10 Å². The Balaban J connectivity index is 1.49. The number of amides is 1. The van der Waals surface area contributed by atoms with Crippen LogP contribution in [0.5, 0.6) is 0 Å². The summed E-state index contributed by atoms with van der Waals surface area (Å²) in [6.07, 6.45) is 5.82. The number of hydrogen-bond donors (Lipinski definition) is 2. The molecule has 24 heavy (non-hydrogen) atoms. The Morgan fingerprint density at radius 3 is 2.96 bits per heavy atom. The molecule has 1 aromatic carbocycles. The molecular weight excluding hydrogens is 326 g/mol. The molecule has 2 N–H and O–H groups in total. The highest BCUT2D eigenvalue weighted by molar-refractivity contribution is 6.31. The molecular formula is C17H18ClN5O. The summed E-state index contributed by atoms with van der Waals surface area (Å²) in [6.45, 7) is 1.34. The van der Waals surface area contributed by atoms with Crippen molar-refractivity contribution in [3.05, 3.63) is 53.4 Å². The van der Waals surface area contributed by atoms with Crippen molar-refractivity contribution in [2.45, 2.75) is 6.42 Å². The first-order valence-electron chi connectivity index (χ1n) is 7.68. The van der Waals surface area contributed by atoms with E-state index in [2.05, 4.69) is 20.7 Å². The molecule has 0 radical (unpaired) electrons. The second-order valence-corrected chi connectivity index (χ2v) is 5.90. The van der Waals surface area contributed by atoms with Crippen molar-refractivity contribution in [3.63, 3.8) is 0 Å². The third-order valence-corrected chi connectivity index (χ3v) is 3.86. The summed E-state index contributed by atoms with van der Waals surface area (Å²) in [6, 6.07) is 7.59. The van der Waals surface area contributed by atoms with Gasteiger partial charge in [0.2, 0.25) is 0 Å². The van der Waals surface area contributed by atoms with E-state index in [-0.39, 0.29) is 5.91 Å². The van der Waals surface area contributed by atoms with Crippen molar-refractivity contribution in [2.24, 2.45) is 7.05 Å². The predicted molar refractivity (Wildman–Crippen MR) is 95.4 cm³/mol. The van der Waals surface area contributed by atoms with Crippen LogP contribution in [-0.4, -0.2) is 33.8 Å². The molecule has 1 amide bonds. The van der Waals surface area contributed by atoms with Crippen LogP contribution in [0.25, 0.3) is 10.9 Å². The second-order valence-electron chi connectivity index (χ2n) is 5.46. The van der Waals surface area contributed by atoms with E-state index in [4.69, 9.17) is 11.6 Å².